The highest BCUT2D eigenvalue weighted by Gasteiger charge is 2.31. The molecule has 0 aromatic rings. The second kappa shape index (κ2) is 5.99. The van der Waals surface area contributed by atoms with Crippen LogP contribution in [0.5, 0.6) is 0 Å². The molecular formula is C13H29N3. The molecule has 0 amide bonds. The van der Waals surface area contributed by atoms with Crippen molar-refractivity contribution in [1.29, 1.82) is 0 Å². The smallest absolute Gasteiger partial charge is 0.0304 e. The maximum Gasteiger partial charge on any atom is 0.0304 e. The summed E-state index contributed by atoms with van der Waals surface area (Å²) < 4.78 is 0. The molecule has 0 aromatic carbocycles. The lowest BCUT2D eigenvalue weighted by Gasteiger charge is -2.45. The monoisotopic (exact) mass is 227 g/mol. The van der Waals surface area contributed by atoms with E-state index < -0.39 is 0 Å². The number of hydrogen-bond acceptors (Lipinski definition) is 3. The SMILES string of the molecule is CC(C)CCC(C)(CN)N1CCN(C)CC1. The van der Waals surface area contributed by atoms with E-state index >= 15 is 0 Å². The van der Waals surface area contributed by atoms with Crippen LogP contribution in [-0.2, 0) is 0 Å². The maximum absolute atomic E-state index is 6.00. The van der Waals surface area contributed by atoms with E-state index in [0.717, 1.165) is 12.5 Å². The quantitative estimate of drug-likeness (QED) is 0.770. The molecule has 96 valence electrons. The Labute approximate surface area is 101 Å². The minimum atomic E-state index is 0.214. The van der Waals surface area contributed by atoms with Gasteiger partial charge in [0, 0.05) is 38.3 Å². The summed E-state index contributed by atoms with van der Waals surface area (Å²) >= 11 is 0. The molecule has 1 fully saturated rings. The van der Waals surface area contributed by atoms with Crippen molar-refractivity contribution in [2.24, 2.45) is 11.7 Å². The predicted molar refractivity (Wildman–Crippen MR) is 70.6 cm³/mol. The van der Waals surface area contributed by atoms with Crippen LogP contribution in [-0.4, -0.2) is 55.1 Å². The van der Waals surface area contributed by atoms with Crippen LogP contribution in [0.2, 0.25) is 0 Å². The van der Waals surface area contributed by atoms with E-state index in [1.807, 2.05) is 0 Å². The molecule has 1 atom stereocenters. The van der Waals surface area contributed by atoms with Crippen LogP contribution >= 0.6 is 0 Å². The van der Waals surface area contributed by atoms with E-state index in [4.69, 9.17) is 5.73 Å². The molecule has 0 bridgehead atoms. The summed E-state index contributed by atoms with van der Waals surface area (Å²) in [6.07, 6.45) is 2.50. The molecule has 0 saturated carbocycles. The van der Waals surface area contributed by atoms with Crippen molar-refractivity contribution in [1.82, 2.24) is 9.80 Å². The van der Waals surface area contributed by atoms with Gasteiger partial charge in [-0.3, -0.25) is 4.90 Å². The Balaban J connectivity index is 2.50. The van der Waals surface area contributed by atoms with E-state index in [1.54, 1.807) is 0 Å². The third-order valence-electron chi connectivity index (χ3n) is 3.97. The zero-order valence-electron chi connectivity index (χ0n) is 11.5. The van der Waals surface area contributed by atoms with E-state index in [2.05, 4.69) is 37.6 Å². The van der Waals surface area contributed by atoms with E-state index in [0.29, 0.717) is 0 Å². The van der Waals surface area contributed by atoms with Gasteiger partial charge in [0.25, 0.3) is 0 Å². The number of nitrogens with zero attached hydrogens (tertiary/aromatic N) is 2. The van der Waals surface area contributed by atoms with Crippen LogP contribution in [0, 0.1) is 5.92 Å². The van der Waals surface area contributed by atoms with E-state index in [-0.39, 0.29) is 5.54 Å². The number of likely N-dealkylation sites (N-methyl/N-ethyl adjacent to an activating group) is 1. The average Bonchev–Trinajstić information content (AvgIpc) is 2.27. The zero-order chi connectivity index (χ0) is 12.2. The standard InChI is InChI=1S/C13H29N3/c1-12(2)5-6-13(3,11-14)16-9-7-15(4)8-10-16/h12H,5-11,14H2,1-4H3. The predicted octanol–water partition coefficient (Wildman–Crippen LogP) is 1.39. The summed E-state index contributed by atoms with van der Waals surface area (Å²) in [5, 5.41) is 0. The van der Waals surface area contributed by atoms with E-state index in [9.17, 15) is 0 Å². The van der Waals surface area contributed by atoms with Gasteiger partial charge in [0.05, 0.1) is 0 Å². The number of nitrogens with two attached hydrogens (primary N) is 1. The Hall–Kier alpha value is -0.120. The molecule has 1 saturated heterocycles. The molecule has 2 N–H and O–H groups in total. The molecular weight excluding hydrogens is 198 g/mol. The summed E-state index contributed by atoms with van der Waals surface area (Å²) in [5.41, 5.74) is 6.22. The summed E-state index contributed by atoms with van der Waals surface area (Å²) in [4.78, 5) is 4.99. The normalized spacial score (nSPS) is 23.6. The second-order valence-corrected chi connectivity index (χ2v) is 5.92. The van der Waals surface area contributed by atoms with Gasteiger partial charge in [0.1, 0.15) is 0 Å². The first-order valence-corrected chi connectivity index (χ1v) is 6.61. The average molecular weight is 227 g/mol. The Bertz CT molecular complexity index is 197. The van der Waals surface area contributed by atoms with Crippen molar-refractivity contribution >= 4 is 0 Å². The molecule has 1 rings (SSSR count). The summed E-state index contributed by atoms with van der Waals surface area (Å²) in [6, 6.07) is 0. The molecule has 3 nitrogen and oxygen atoms in total. The first-order valence-electron chi connectivity index (χ1n) is 6.61. The molecule has 3 heteroatoms. The molecule has 0 spiro atoms. The van der Waals surface area contributed by atoms with Gasteiger partial charge in [-0.25, -0.2) is 0 Å². The first-order chi connectivity index (χ1) is 7.48. The highest BCUT2D eigenvalue weighted by Crippen LogP contribution is 2.23. The summed E-state index contributed by atoms with van der Waals surface area (Å²) in [5.74, 6) is 0.776. The molecule has 0 aromatic heterocycles. The van der Waals surface area contributed by atoms with Gasteiger partial charge >= 0.3 is 0 Å². The lowest BCUT2D eigenvalue weighted by atomic mass is 9.89. The third kappa shape index (κ3) is 3.72. The molecule has 1 aliphatic heterocycles. The van der Waals surface area contributed by atoms with Crippen molar-refractivity contribution in [3.05, 3.63) is 0 Å². The van der Waals surface area contributed by atoms with Crippen LogP contribution in [0.3, 0.4) is 0 Å². The van der Waals surface area contributed by atoms with Gasteiger partial charge in [-0.05, 0) is 32.7 Å². The summed E-state index contributed by atoms with van der Waals surface area (Å²) in [6.45, 7) is 12.4. The largest absolute Gasteiger partial charge is 0.329 e. The Morgan fingerprint density at radius 1 is 1.19 bits per heavy atom. The highest BCUT2D eigenvalue weighted by atomic mass is 15.3. The number of hydrogen-bond donors (Lipinski definition) is 1. The minimum Gasteiger partial charge on any atom is -0.329 e. The van der Waals surface area contributed by atoms with Gasteiger partial charge in [-0.2, -0.15) is 0 Å². The number of rotatable bonds is 5. The highest BCUT2D eigenvalue weighted by molar-refractivity contribution is 4.90. The van der Waals surface area contributed by atoms with Gasteiger partial charge in [0.15, 0.2) is 0 Å². The Morgan fingerprint density at radius 2 is 1.75 bits per heavy atom. The number of piperazine rings is 1. The fourth-order valence-corrected chi connectivity index (χ4v) is 2.34. The second-order valence-electron chi connectivity index (χ2n) is 5.92. The topological polar surface area (TPSA) is 32.5 Å². The molecule has 1 heterocycles. The van der Waals surface area contributed by atoms with Crippen molar-refractivity contribution in [2.45, 2.75) is 39.2 Å². The zero-order valence-corrected chi connectivity index (χ0v) is 11.5. The van der Waals surface area contributed by atoms with Crippen LogP contribution in [0.25, 0.3) is 0 Å². The van der Waals surface area contributed by atoms with Gasteiger partial charge < -0.3 is 10.6 Å². The van der Waals surface area contributed by atoms with E-state index in [1.165, 1.54) is 39.0 Å². The first kappa shape index (κ1) is 13.9. The molecule has 16 heavy (non-hydrogen) atoms. The Kier molecular flexibility index (Phi) is 5.22. The van der Waals surface area contributed by atoms with Crippen molar-refractivity contribution in [2.75, 3.05) is 39.8 Å². The molecule has 0 radical (unpaired) electrons. The lowest BCUT2D eigenvalue weighted by molar-refractivity contribution is 0.0469. The van der Waals surface area contributed by atoms with Crippen LogP contribution in [0.1, 0.15) is 33.6 Å². The van der Waals surface area contributed by atoms with Crippen molar-refractivity contribution in [3.8, 4) is 0 Å². The van der Waals surface area contributed by atoms with Crippen LogP contribution in [0.4, 0.5) is 0 Å². The van der Waals surface area contributed by atoms with Gasteiger partial charge in [-0.1, -0.05) is 13.8 Å². The van der Waals surface area contributed by atoms with Crippen molar-refractivity contribution < 1.29 is 0 Å². The van der Waals surface area contributed by atoms with Crippen LogP contribution in [0.15, 0.2) is 0 Å². The summed E-state index contributed by atoms with van der Waals surface area (Å²) in [7, 11) is 2.20. The van der Waals surface area contributed by atoms with Crippen LogP contribution < -0.4 is 5.73 Å². The fraction of sp³-hybridized carbons (Fsp3) is 1.00. The lowest BCUT2D eigenvalue weighted by Crippen LogP contribution is -2.58. The molecule has 0 aliphatic carbocycles. The molecule has 1 unspecified atom stereocenters. The third-order valence-corrected chi connectivity index (χ3v) is 3.97. The minimum absolute atomic E-state index is 0.214. The Morgan fingerprint density at radius 3 is 2.19 bits per heavy atom. The fourth-order valence-electron chi connectivity index (χ4n) is 2.34. The maximum atomic E-state index is 6.00. The van der Waals surface area contributed by atoms with Gasteiger partial charge in [-0.15, -0.1) is 0 Å². The molecule has 1 aliphatic rings. The van der Waals surface area contributed by atoms with Gasteiger partial charge in [0.2, 0.25) is 0 Å². The van der Waals surface area contributed by atoms with Crippen molar-refractivity contribution in [3.63, 3.8) is 0 Å².